The maximum absolute atomic E-state index is 12.9. The van der Waals surface area contributed by atoms with Crippen LogP contribution in [0.2, 0.25) is 0 Å². The van der Waals surface area contributed by atoms with Crippen LogP contribution in [0.5, 0.6) is 0 Å². The van der Waals surface area contributed by atoms with Crippen molar-refractivity contribution >= 4 is 28.4 Å². The van der Waals surface area contributed by atoms with Gasteiger partial charge in [0.15, 0.2) is 0 Å². The zero-order chi connectivity index (χ0) is 21.8. The van der Waals surface area contributed by atoms with Crippen molar-refractivity contribution in [2.45, 2.75) is 18.9 Å². The Bertz CT molecular complexity index is 1150. The number of benzene rings is 2. The topological polar surface area (TPSA) is 83.4 Å². The Morgan fingerprint density at radius 3 is 2.42 bits per heavy atom. The number of likely N-dealkylation sites (tertiary alicyclic amines) is 1. The maximum atomic E-state index is 12.9. The number of anilines is 1. The molecule has 0 radical (unpaired) electrons. The number of pyridine rings is 1. The van der Waals surface area contributed by atoms with E-state index in [9.17, 15) is 14.4 Å². The zero-order valence-corrected chi connectivity index (χ0v) is 17.5. The standard InChI is InChI=1S/C24H26N4O3/c1-27-21-10-6-5-9-19(21)20(15-23(27)30)24(31)26-18-11-13-28(14-12-18)16-22(29)25-17-7-3-2-4-8-17/h2-10,15,18H,11-14,16H2,1H3,(H,25,29)(H,26,31). The number of piperidine rings is 1. The second-order valence-electron chi connectivity index (χ2n) is 7.91. The van der Waals surface area contributed by atoms with Crippen molar-refractivity contribution in [1.29, 1.82) is 0 Å². The number of aryl methyl sites for hydroxylation is 1. The van der Waals surface area contributed by atoms with E-state index in [1.807, 2.05) is 54.6 Å². The second-order valence-corrected chi connectivity index (χ2v) is 7.91. The lowest BCUT2D eigenvalue weighted by Gasteiger charge is -2.32. The molecule has 160 valence electrons. The van der Waals surface area contributed by atoms with Crippen LogP contribution < -0.4 is 16.2 Å². The summed E-state index contributed by atoms with van der Waals surface area (Å²) in [6.45, 7) is 1.78. The highest BCUT2D eigenvalue weighted by molar-refractivity contribution is 6.06. The van der Waals surface area contributed by atoms with Gasteiger partial charge in [-0.05, 0) is 31.0 Å². The minimum absolute atomic E-state index is 0.0174. The van der Waals surface area contributed by atoms with Gasteiger partial charge in [-0.15, -0.1) is 0 Å². The van der Waals surface area contributed by atoms with Gasteiger partial charge in [0.25, 0.3) is 11.5 Å². The highest BCUT2D eigenvalue weighted by Gasteiger charge is 2.23. The van der Waals surface area contributed by atoms with Crippen LogP contribution >= 0.6 is 0 Å². The quantitative estimate of drug-likeness (QED) is 0.666. The molecule has 1 aromatic heterocycles. The first-order chi connectivity index (χ1) is 15.0. The number of aromatic nitrogens is 1. The molecule has 3 aromatic rings. The molecule has 2 aromatic carbocycles. The molecule has 2 heterocycles. The average molecular weight is 418 g/mol. The highest BCUT2D eigenvalue weighted by Crippen LogP contribution is 2.18. The molecule has 0 saturated carbocycles. The number of carbonyl (C=O) groups is 2. The van der Waals surface area contributed by atoms with Crippen molar-refractivity contribution in [1.82, 2.24) is 14.8 Å². The van der Waals surface area contributed by atoms with Crippen molar-refractivity contribution in [3.05, 3.63) is 76.6 Å². The first-order valence-corrected chi connectivity index (χ1v) is 10.5. The fraction of sp³-hybridized carbons (Fsp3) is 0.292. The second kappa shape index (κ2) is 9.14. The van der Waals surface area contributed by atoms with Crippen molar-refractivity contribution in [3.63, 3.8) is 0 Å². The van der Waals surface area contributed by atoms with E-state index in [0.717, 1.165) is 42.5 Å². The molecule has 1 saturated heterocycles. The van der Waals surface area contributed by atoms with Crippen LogP contribution in [0, 0.1) is 0 Å². The van der Waals surface area contributed by atoms with E-state index >= 15 is 0 Å². The Kier molecular flexibility index (Phi) is 6.13. The van der Waals surface area contributed by atoms with Gasteiger partial charge in [0.1, 0.15) is 0 Å². The molecule has 4 rings (SSSR count). The number of carbonyl (C=O) groups excluding carboxylic acids is 2. The van der Waals surface area contributed by atoms with Crippen LogP contribution in [0.1, 0.15) is 23.2 Å². The molecular weight excluding hydrogens is 392 g/mol. The monoisotopic (exact) mass is 418 g/mol. The fourth-order valence-electron chi connectivity index (χ4n) is 4.02. The summed E-state index contributed by atoms with van der Waals surface area (Å²) in [7, 11) is 1.70. The lowest BCUT2D eigenvalue weighted by molar-refractivity contribution is -0.117. The van der Waals surface area contributed by atoms with Crippen LogP contribution in [0.15, 0.2) is 65.5 Å². The Balaban J connectivity index is 1.34. The van der Waals surface area contributed by atoms with Gasteiger partial charge >= 0.3 is 0 Å². The van der Waals surface area contributed by atoms with Crippen LogP contribution in [0.4, 0.5) is 5.69 Å². The maximum Gasteiger partial charge on any atom is 0.252 e. The number of rotatable bonds is 5. The summed E-state index contributed by atoms with van der Waals surface area (Å²) in [6, 6.07) is 18.2. The summed E-state index contributed by atoms with van der Waals surface area (Å²) in [5, 5.41) is 6.73. The lowest BCUT2D eigenvalue weighted by Crippen LogP contribution is -2.46. The van der Waals surface area contributed by atoms with Crippen molar-refractivity contribution in [3.8, 4) is 0 Å². The molecule has 0 spiro atoms. The molecule has 1 fully saturated rings. The van der Waals surface area contributed by atoms with Crippen molar-refractivity contribution in [2.24, 2.45) is 7.05 Å². The zero-order valence-electron chi connectivity index (χ0n) is 17.5. The molecule has 7 nitrogen and oxygen atoms in total. The van der Waals surface area contributed by atoms with Gasteiger partial charge in [-0.3, -0.25) is 19.3 Å². The molecule has 0 aliphatic carbocycles. The van der Waals surface area contributed by atoms with Crippen LogP contribution in [-0.2, 0) is 11.8 Å². The fourth-order valence-corrected chi connectivity index (χ4v) is 4.02. The van der Waals surface area contributed by atoms with Gasteiger partial charge < -0.3 is 15.2 Å². The number of amides is 2. The third kappa shape index (κ3) is 4.83. The summed E-state index contributed by atoms with van der Waals surface area (Å²) in [6.07, 6.45) is 1.51. The Morgan fingerprint density at radius 2 is 1.68 bits per heavy atom. The van der Waals surface area contributed by atoms with E-state index in [1.54, 1.807) is 11.6 Å². The Morgan fingerprint density at radius 1 is 1.00 bits per heavy atom. The van der Waals surface area contributed by atoms with E-state index < -0.39 is 0 Å². The minimum atomic E-state index is -0.228. The molecule has 2 amide bonds. The Labute approximate surface area is 180 Å². The number of hydrogen-bond donors (Lipinski definition) is 2. The van der Waals surface area contributed by atoms with Gasteiger partial charge in [0.2, 0.25) is 5.91 Å². The normalized spacial score (nSPS) is 15.0. The number of para-hydroxylation sites is 2. The van der Waals surface area contributed by atoms with Gasteiger partial charge in [0, 0.05) is 43.3 Å². The average Bonchev–Trinajstić information content (AvgIpc) is 2.78. The minimum Gasteiger partial charge on any atom is -0.349 e. The summed E-state index contributed by atoms with van der Waals surface area (Å²) >= 11 is 0. The summed E-state index contributed by atoms with van der Waals surface area (Å²) in [5.74, 6) is -0.269. The summed E-state index contributed by atoms with van der Waals surface area (Å²) < 4.78 is 1.55. The van der Waals surface area contributed by atoms with E-state index in [-0.39, 0.29) is 23.4 Å². The van der Waals surface area contributed by atoms with Gasteiger partial charge in [0.05, 0.1) is 17.6 Å². The van der Waals surface area contributed by atoms with E-state index in [2.05, 4.69) is 15.5 Å². The number of nitrogens with zero attached hydrogens (tertiary/aromatic N) is 2. The molecule has 2 N–H and O–H groups in total. The third-order valence-corrected chi connectivity index (χ3v) is 5.75. The summed E-state index contributed by atoms with van der Waals surface area (Å²) in [4.78, 5) is 39.5. The van der Waals surface area contributed by atoms with Crippen molar-refractivity contribution < 1.29 is 9.59 Å². The highest BCUT2D eigenvalue weighted by atomic mass is 16.2. The Hall–Kier alpha value is -3.45. The van der Waals surface area contributed by atoms with E-state index in [4.69, 9.17) is 0 Å². The number of fused-ring (bicyclic) bond motifs is 1. The number of hydrogen-bond acceptors (Lipinski definition) is 4. The van der Waals surface area contributed by atoms with Gasteiger partial charge in [-0.25, -0.2) is 0 Å². The molecule has 31 heavy (non-hydrogen) atoms. The predicted octanol–water partition coefficient (Wildman–Crippen LogP) is 2.37. The molecule has 0 bridgehead atoms. The smallest absolute Gasteiger partial charge is 0.252 e. The molecule has 7 heteroatoms. The van der Waals surface area contributed by atoms with Crippen LogP contribution in [0.25, 0.3) is 10.9 Å². The molecular formula is C24H26N4O3. The molecule has 1 aliphatic heterocycles. The number of nitrogens with one attached hydrogen (secondary N) is 2. The largest absolute Gasteiger partial charge is 0.349 e. The molecule has 0 unspecified atom stereocenters. The first kappa shape index (κ1) is 20.8. The third-order valence-electron chi connectivity index (χ3n) is 5.75. The first-order valence-electron chi connectivity index (χ1n) is 10.5. The summed E-state index contributed by atoms with van der Waals surface area (Å²) in [5.41, 5.74) is 1.72. The molecule has 0 atom stereocenters. The van der Waals surface area contributed by atoms with Crippen LogP contribution in [0.3, 0.4) is 0 Å². The van der Waals surface area contributed by atoms with Crippen molar-refractivity contribution in [2.75, 3.05) is 25.0 Å². The predicted molar refractivity (Wildman–Crippen MR) is 121 cm³/mol. The SMILES string of the molecule is Cn1c(=O)cc(C(=O)NC2CCN(CC(=O)Nc3ccccc3)CC2)c2ccccc21. The van der Waals surface area contributed by atoms with Gasteiger partial charge in [-0.2, -0.15) is 0 Å². The lowest BCUT2D eigenvalue weighted by atomic mass is 10.0. The van der Waals surface area contributed by atoms with Gasteiger partial charge in [-0.1, -0.05) is 36.4 Å². The molecule has 1 aliphatic rings. The van der Waals surface area contributed by atoms with E-state index in [1.165, 1.54) is 6.07 Å². The van der Waals surface area contributed by atoms with E-state index in [0.29, 0.717) is 12.1 Å². The van der Waals surface area contributed by atoms with Crippen LogP contribution in [-0.4, -0.2) is 47.0 Å².